The van der Waals surface area contributed by atoms with E-state index in [1.54, 1.807) is 0 Å². The second kappa shape index (κ2) is 44.1. The summed E-state index contributed by atoms with van der Waals surface area (Å²) in [7, 11) is -5.02. The number of esters is 1. The van der Waals surface area contributed by atoms with Crippen LogP contribution >= 0.6 is 7.82 Å². The van der Waals surface area contributed by atoms with E-state index in [2.05, 4.69) is 26.0 Å². The molecular formula is C53H103O12P. The molecule has 12 nitrogen and oxygen atoms in total. The Labute approximate surface area is 403 Å². The maximum absolute atomic E-state index is 12.9. The SMILES string of the molecule is CCCCCCCCCC/C=C\CCCCCCCCCCCCOCC(COP(=O)(O)OC1C(O)C(O)C(O)C(O)C1O)OC(=O)CCCCCCCCCCCCCCCCCCC. The zero-order chi connectivity index (χ0) is 48.4. The molecule has 6 N–H and O–H groups in total. The van der Waals surface area contributed by atoms with Crippen molar-refractivity contribution in [1.82, 2.24) is 0 Å². The first-order chi connectivity index (χ1) is 32.0. The van der Waals surface area contributed by atoms with Gasteiger partial charge in [-0.25, -0.2) is 4.57 Å². The van der Waals surface area contributed by atoms with Crippen LogP contribution in [0.4, 0.5) is 0 Å². The van der Waals surface area contributed by atoms with Crippen molar-refractivity contribution in [3.8, 4) is 0 Å². The number of allylic oxidation sites excluding steroid dienone is 2. The van der Waals surface area contributed by atoms with E-state index in [1.165, 1.54) is 193 Å². The Morgan fingerprint density at radius 1 is 0.470 bits per heavy atom. The molecule has 0 radical (unpaired) electrons. The summed E-state index contributed by atoms with van der Waals surface area (Å²) in [5, 5.41) is 50.4. The van der Waals surface area contributed by atoms with E-state index in [1.807, 2.05) is 0 Å². The molecule has 6 atom stereocenters. The molecule has 1 rings (SSSR count). The third-order valence-corrected chi connectivity index (χ3v) is 14.1. The van der Waals surface area contributed by atoms with Crippen LogP contribution in [0.25, 0.3) is 0 Å². The number of aliphatic hydroxyl groups is 5. The largest absolute Gasteiger partial charge is 0.472 e. The van der Waals surface area contributed by atoms with Gasteiger partial charge in [0, 0.05) is 13.0 Å². The van der Waals surface area contributed by atoms with Crippen molar-refractivity contribution in [3.63, 3.8) is 0 Å². The molecule has 392 valence electrons. The minimum absolute atomic E-state index is 0.0713. The van der Waals surface area contributed by atoms with Gasteiger partial charge in [-0.15, -0.1) is 0 Å². The van der Waals surface area contributed by atoms with Crippen LogP contribution in [0.1, 0.15) is 258 Å². The van der Waals surface area contributed by atoms with E-state index < -0.39 is 63.1 Å². The average molecular weight is 963 g/mol. The highest BCUT2D eigenvalue weighted by molar-refractivity contribution is 7.47. The molecule has 0 aliphatic heterocycles. The predicted octanol–water partition coefficient (Wildman–Crippen LogP) is 12.7. The summed E-state index contributed by atoms with van der Waals surface area (Å²) in [4.78, 5) is 23.3. The van der Waals surface area contributed by atoms with Crippen molar-refractivity contribution in [2.75, 3.05) is 19.8 Å². The van der Waals surface area contributed by atoms with E-state index in [0.717, 1.165) is 38.5 Å². The van der Waals surface area contributed by atoms with Gasteiger partial charge in [-0.3, -0.25) is 13.8 Å². The van der Waals surface area contributed by atoms with Gasteiger partial charge in [0.2, 0.25) is 0 Å². The van der Waals surface area contributed by atoms with Crippen molar-refractivity contribution >= 4 is 13.8 Å². The summed E-state index contributed by atoms with van der Waals surface area (Å²) in [6, 6.07) is 0. The summed E-state index contributed by atoms with van der Waals surface area (Å²) in [5.74, 6) is -0.471. The molecule has 0 heterocycles. The smallest absolute Gasteiger partial charge is 0.457 e. The van der Waals surface area contributed by atoms with Gasteiger partial charge in [-0.2, -0.15) is 0 Å². The summed E-state index contributed by atoms with van der Waals surface area (Å²) in [5.41, 5.74) is 0. The average Bonchev–Trinajstić information content (AvgIpc) is 3.30. The Kier molecular flexibility index (Phi) is 42.1. The lowest BCUT2D eigenvalue weighted by Crippen LogP contribution is -2.64. The Morgan fingerprint density at radius 2 is 0.803 bits per heavy atom. The molecule has 1 aliphatic carbocycles. The third-order valence-electron chi connectivity index (χ3n) is 13.1. The van der Waals surface area contributed by atoms with Gasteiger partial charge < -0.3 is 39.9 Å². The number of phosphoric acid groups is 1. The summed E-state index contributed by atoms with van der Waals surface area (Å²) in [6.07, 6.45) is 38.5. The molecule has 0 amide bonds. The van der Waals surface area contributed by atoms with Crippen molar-refractivity contribution < 1.29 is 58.3 Å². The zero-order valence-corrected chi connectivity index (χ0v) is 43.2. The molecule has 1 aliphatic rings. The number of carbonyl (C=O) groups excluding carboxylic acids is 1. The number of phosphoric ester groups is 1. The molecule has 6 unspecified atom stereocenters. The Bertz CT molecular complexity index is 1140. The molecule has 0 saturated heterocycles. The molecule has 0 aromatic rings. The van der Waals surface area contributed by atoms with E-state index in [0.29, 0.717) is 13.0 Å². The normalized spacial score (nSPS) is 21.4. The third kappa shape index (κ3) is 35.2. The number of aliphatic hydroxyl groups excluding tert-OH is 5. The number of hydrogen-bond acceptors (Lipinski definition) is 11. The first-order valence-corrected chi connectivity index (χ1v) is 29.0. The molecule has 0 aromatic carbocycles. The second-order valence-electron chi connectivity index (χ2n) is 19.4. The van der Waals surface area contributed by atoms with Crippen LogP contribution in [0.2, 0.25) is 0 Å². The molecular weight excluding hydrogens is 860 g/mol. The van der Waals surface area contributed by atoms with Crippen molar-refractivity contribution in [2.45, 2.75) is 301 Å². The highest BCUT2D eigenvalue weighted by Gasteiger charge is 2.51. The summed E-state index contributed by atoms with van der Waals surface area (Å²) >= 11 is 0. The summed E-state index contributed by atoms with van der Waals surface area (Å²) in [6.45, 7) is 4.31. The lowest BCUT2D eigenvalue weighted by Gasteiger charge is -2.41. The van der Waals surface area contributed by atoms with Gasteiger partial charge in [-0.1, -0.05) is 225 Å². The topological polar surface area (TPSA) is 192 Å². The number of rotatable bonds is 48. The van der Waals surface area contributed by atoms with E-state index in [-0.39, 0.29) is 13.0 Å². The van der Waals surface area contributed by atoms with Crippen LogP contribution < -0.4 is 0 Å². The van der Waals surface area contributed by atoms with Gasteiger partial charge in [-0.05, 0) is 38.5 Å². The van der Waals surface area contributed by atoms with Crippen molar-refractivity contribution in [3.05, 3.63) is 12.2 Å². The lowest BCUT2D eigenvalue weighted by molar-refractivity contribution is -0.220. The Hall–Kier alpha value is -0.920. The van der Waals surface area contributed by atoms with Crippen molar-refractivity contribution in [1.29, 1.82) is 0 Å². The van der Waals surface area contributed by atoms with Crippen LogP contribution in [-0.2, 0) is 27.9 Å². The fraction of sp³-hybridized carbons (Fsp3) is 0.943. The van der Waals surface area contributed by atoms with E-state index >= 15 is 0 Å². The van der Waals surface area contributed by atoms with Crippen LogP contribution in [0.15, 0.2) is 12.2 Å². The lowest BCUT2D eigenvalue weighted by atomic mass is 9.85. The van der Waals surface area contributed by atoms with Gasteiger partial charge in [0.05, 0.1) is 13.2 Å². The second-order valence-corrected chi connectivity index (χ2v) is 20.8. The fourth-order valence-corrected chi connectivity index (χ4v) is 9.74. The molecule has 13 heteroatoms. The van der Waals surface area contributed by atoms with Crippen molar-refractivity contribution in [2.24, 2.45) is 0 Å². The maximum Gasteiger partial charge on any atom is 0.472 e. The standard InChI is InChI=1S/C53H103O12P/c1-3-5-7-9-11-13-15-17-19-21-22-23-24-25-27-29-31-33-35-37-39-41-43-62-44-46(45-63-66(60,61)65-53-51(58)49(56)48(55)50(57)52(53)59)64-47(54)42-40-38-36-34-32-30-28-26-20-18-16-14-12-10-8-6-4-2/h21-22,46,48-53,55-59H,3-20,23-45H2,1-2H3,(H,60,61)/b22-21-. The van der Waals surface area contributed by atoms with Crippen LogP contribution in [0, 0.1) is 0 Å². The molecule has 0 aromatic heterocycles. The Morgan fingerprint density at radius 3 is 1.20 bits per heavy atom. The first-order valence-electron chi connectivity index (χ1n) is 27.5. The minimum Gasteiger partial charge on any atom is -0.457 e. The number of unbranched alkanes of at least 4 members (excludes halogenated alkanes) is 34. The van der Waals surface area contributed by atoms with E-state index in [9.17, 15) is 39.8 Å². The van der Waals surface area contributed by atoms with Gasteiger partial charge in [0.1, 0.15) is 42.7 Å². The highest BCUT2D eigenvalue weighted by atomic mass is 31.2. The summed E-state index contributed by atoms with van der Waals surface area (Å²) < 4.78 is 34.4. The molecule has 1 fully saturated rings. The number of ether oxygens (including phenoxy) is 2. The van der Waals surface area contributed by atoms with Crippen LogP contribution in [0.5, 0.6) is 0 Å². The quantitative estimate of drug-likeness (QED) is 0.0147. The van der Waals surface area contributed by atoms with Gasteiger partial charge in [0.25, 0.3) is 0 Å². The molecule has 66 heavy (non-hydrogen) atoms. The van der Waals surface area contributed by atoms with Gasteiger partial charge in [0.15, 0.2) is 0 Å². The predicted molar refractivity (Wildman–Crippen MR) is 267 cm³/mol. The van der Waals surface area contributed by atoms with E-state index in [4.69, 9.17) is 18.5 Å². The molecule has 0 spiro atoms. The van der Waals surface area contributed by atoms with Crippen LogP contribution in [0.3, 0.4) is 0 Å². The number of carbonyl (C=O) groups is 1. The van der Waals surface area contributed by atoms with Gasteiger partial charge >= 0.3 is 13.8 Å². The molecule has 0 bridgehead atoms. The monoisotopic (exact) mass is 963 g/mol. The maximum atomic E-state index is 12.9. The minimum atomic E-state index is -5.02. The Balaban J connectivity index is 2.29. The zero-order valence-electron chi connectivity index (χ0n) is 42.3. The highest BCUT2D eigenvalue weighted by Crippen LogP contribution is 2.47. The molecule has 1 saturated carbocycles. The number of hydrogen-bond donors (Lipinski definition) is 6. The first kappa shape index (κ1) is 63.1. The fourth-order valence-electron chi connectivity index (χ4n) is 8.77. The van der Waals surface area contributed by atoms with Crippen LogP contribution in [-0.4, -0.2) is 98.9 Å².